The molecule has 1 aliphatic heterocycles. The zero-order valence-corrected chi connectivity index (χ0v) is 13.4. The molecule has 5 nitrogen and oxygen atoms in total. The van der Waals surface area contributed by atoms with E-state index in [0.29, 0.717) is 30.0 Å². The largest absolute Gasteiger partial charge is 0.395 e. The van der Waals surface area contributed by atoms with E-state index in [2.05, 4.69) is 10.6 Å². The summed E-state index contributed by atoms with van der Waals surface area (Å²) in [7, 11) is 0. The fourth-order valence-corrected chi connectivity index (χ4v) is 3.25. The van der Waals surface area contributed by atoms with Crippen LogP contribution in [0.2, 0.25) is 5.02 Å². The van der Waals surface area contributed by atoms with Crippen molar-refractivity contribution >= 4 is 17.5 Å². The van der Waals surface area contributed by atoms with Crippen molar-refractivity contribution in [3.63, 3.8) is 0 Å². The predicted octanol–water partition coefficient (Wildman–Crippen LogP) is 1.32. The first-order valence-electron chi connectivity index (χ1n) is 7.77. The van der Waals surface area contributed by atoms with E-state index in [4.69, 9.17) is 21.4 Å². The van der Waals surface area contributed by atoms with Crippen LogP contribution in [0.4, 0.5) is 4.39 Å². The summed E-state index contributed by atoms with van der Waals surface area (Å²) in [6.45, 7) is 0.571. The molecule has 126 valence electrons. The standard InChI is InChI=1S/C16H20ClFN2O3/c17-10-2-3-12(13(18)6-10)16(4-1-5-16)20-15(22)14-7-19-11(8-21)9-23-14/h2-3,6,11,14,19,21H,1,4-5,7-9H2,(H,20,22)/t11-,14+/m1/s1. The third-order valence-electron chi connectivity index (χ3n) is 4.62. The zero-order chi connectivity index (χ0) is 16.4. The van der Waals surface area contributed by atoms with Gasteiger partial charge in [0, 0.05) is 17.1 Å². The van der Waals surface area contributed by atoms with Gasteiger partial charge in [-0.3, -0.25) is 4.79 Å². The van der Waals surface area contributed by atoms with Crippen LogP contribution in [-0.2, 0) is 15.1 Å². The molecular weight excluding hydrogens is 323 g/mol. The lowest BCUT2D eigenvalue weighted by Crippen LogP contribution is -2.59. The Morgan fingerprint density at radius 3 is 2.83 bits per heavy atom. The van der Waals surface area contributed by atoms with Gasteiger partial charge < -0.3 is 20.5 Å². The Morgan fingerprint density at radius 1 is 1.52 bits per heavy atom. The van der Waals surface area contributed by atoms with E-state index in [1.54, 1.807) is 12.1 Å². The highest BCUT2D eigenvalue weighted by atomic mass is 35.5. The number of hydrogen-bond acceptors (Lipinski definition) is 4. The Labute approximate surface area is 139 Å². The number of morpholine rings is 1. The van der Waals surface area contributed by atoms with Crippen LogP contribution >= 0.6 is 11.6 Å². The van der Waals surface area contributed by atoms with Gasteiger partial charge in [-0.2, -0.15) is 0 Å². The highest BCUT2D eigenvalue weighted by Crippen LogP contribution is 2.42. The molecule has 0 aromatic heterocycles. The minimum absolute atomic E-state index is 0.0335. The lowest BCUT2D eigenvalue weighted by atomic mass is 9.71. The summed E-state index contributed by atoms with van der Waals surface area (Å²) < 4.78 is 19.7. The zero-order valence-electron chi connectivity index (χ0n) is 12.6. The van der Waals surface area contributed by atoms with Gasteiger partial charge in [0.2, 0.25) is 0 Å². The van der Waals surface area contributed by atoms with Crippen molar-refractivity contribution in [2.45, 2.75) is 36.9 Å². The van der Waals surface area contributed by atoms with E-state index in [0.717, 1.165) is 6.42 Å². The molecule has 1 aromatic carbocycles. The Balaban J connectivity index is 1.70. The normalized spacial score (nSPS) is 26.4. The molecule has 1 aliphatic carbocycles. The van der Waals surface area contributed by atoms with Crippen LogP contribution in [-0.4, -0.2) is 42.9 Å². The number of hydrogen-bond donors (Lipinski definition) is 3. The topological polar surface area (TPSA) is 70.6 Å². The van der Waals surface area contributed by atoms with Crippen LogP contribution in [0.5, 0.6) is 0 Å². The molecular formula is C16H20ClFN2O3. The summed E-state index contributed by atoms with van der Waals surface area (Å²) >= 11 is 5.81. The van der Waals surface area contributed by atoms with Crippen molar-refractivity contribution in [2.24, 2.45) is 0 Å². The van der Waals surface area contributed by atoms with Crippen LogP contribution in [0.1, 0.15) is 24.8 Å². The van der Waals surface area contributed by atoms with Gasteiger partial charge in [-0.15, -0.1) is 0 Å². The molecule has 1 saturated heterocycles. The van der Waals surface area contributed by atoms with Crippen molar-refractivity contribution in [1.82, 2.24) is 10.6 Å². The molecule has 2 aliphatic rings. The fourth-order valence-electron chi connectivity index (χ4n) is 3.10. The Hall–Kier alpha value is -1.21. The average Bonchev–Trinajstić information content (AvgIpc) is 2.51. The molecule has 1 aromatic rings. The maximum atomic E-state index is 14.2. The summed E-state index contributed by atoms with van der Waals surface area (Å²) in [4.78, 5) is 12.5. The van der Waals surface area contributed by atoms with Crippen molar-refractivity contribution in [3.05, 3.63) is 34.6 Å². The maximum Gasteiger partial charge on any atom is 0.251 e. The quantitative estimate of drug-likeness (QED) is 0.772. The smallest absolute Gasteiger partial charge is 0.251 e. The van der Waals surface area contributed by atoms with Gasteiger partial charge in [-0.1, -0.05) is 17.7 Å². The number of amides is 1. The molecule has 0 radical (unpaired) electrons. The monoisotopic (exact) mass is 342 g/mol. The molecule has 0 unspecified atom stereocenters. The third kappa shape index (κ3) is 3.35. The van der Waals surface area contributed by atoms with Gasteiger partial charge >= 0.3 is 0 Å². The van der Waals surface area contributed by atoms with Crippen LogP contribution in [0.15, 0.2) is 18.2 Å². The van der Waals surface area contributed by atoms with E-state index in [-0.39, 0.29) is 25.2 Å². The van der Waals surface area contributed by atoms with Crippen LogP contribution < -0.4 is 10.6 Å². The third-order valence-corrected chi connectivity index (χ3v) is 4.85. The van der Waals surface area contributed by atoms with Gasteiger partial charge in [0.1, 0.15) is 11.9 Å². The summed E-state index contributed by atoms with van der Waals surface area (Å²) in [5, 5.41) is 15.4. The minimum Gasteiger partial charge on any atom is -0.395 e. The number of aliphatic hydroxyl groups excluding tert-OH is 1. The number of rotatable bonds is 4. The lowest BCUT2D eigenvalue weighted by molar-refractivity contribution is -0.139. The molecule has 1 amide bonds. The maximum absolute atomic E-state index is 14.2. The van der Waals surface area contributed by atoms with Crippen molar-refractivity contribution in [2.75, 3.05) is 19.8 Å². The first kappa shape index (κ1) is 16.6. The number of halogens is 2. The number of nitrogens with one attached hydrogen (secondary N) is 2. The molecule has 7 heteroatoms. The van der Waals surface area contributed by atoms with Crippen LogP contribution in [0, 0.1) is 5.82 Å². The molecule has 23 heavy (non-hydrogen) atoms. The molecule has 0 spiro atoms. The second kappa shape index (κ2) is 6.73. The van der Waals surface area contributed by atoms with Gasteiger partial charge in [0.15, 0.2) is 0 Å². The summed E-state index contributed by atoms with van der Waals surface area (Å²) in [6, 6.07) is 4.40. The Bertz CT molecular complexity index is 587. The second-order valence-electron chi connectivity index (χ2n) is 6.16. The van der Waals surface area contributed by atoms with Crippen molar-refractivity contribution < 1.29 is 19.0 Å². The highest BCUT2D eigenvalue weighted by molar-refractivity contribution is 6.30. The lowest BCUT2D eigenvalue weighted by Gasteiger charge is -2.44. The van der Waals surface area contributed by atoms with Gasteiger partial charge in [-0.05, 0) is 31.4 Å². The van der Waals surface area contributed by atoms with E-state index in [9.17, 15) is 9.18 Å². The number of carbonyl (C=O) groups excluding carboxylic acids is 1. The van der Waals surface area contributed by atoms with Gasteiger partial charge in [0.25, 0.3) is 5.91 Å². The first-order valence-corrected chi connectivity index (χ1v) is 8.15. The SMILES string of the molecule is O=C(NC1(c2ccc(Cl)cc2F)CCC1)[C@@H]1CN[C@H](CO)CO1. The summed E-state index contributed by atoms with van der Waals surface area (Å²) in [5.74, 6) is -0.663. The number of aliphatic hydroxyl groups is 1. The molecule has 2 fully saturated rings. The first-order chi connectivity index (χ1) is 11.0. The van der Waals surface area contributed by atoms with E-state index in [1.807, 2.05) is 0 Å². The van der Waals surface area contributed by atoms with Crippen LogP contribution in [0.3, 0.4) is 0 Å². The Morgan fingerprint density at radius 2 is 2.30 bits per heavy atom. The highest BCUT2D eigenvalue weighted by Gasteiger charge is 2.43. The number of benzene rings is 1. The molecule has 1 saturated carbocycles. The van der Waals surface area contributed by atoms with Crippen molar-refractivity contribution in [1.29, 1.82) is 0 Å². The average molecular weight is 343 g/mol. The molecule has 3 N–H and O–H groups in total. The number of ether oxygens (including phenoxy) is 1. The second-order valence-corrected chi connectivity index (χ2v) is 6.60. The summed E-state index contributed by atoms with van der Waals surface area (Å²) in [5.41, 5.74) is -0.207. The fraction of sp³-hybridized carbons (Fsp3) is 0.562. The predicted molar refractivity (Wildman–Crippen MR) is 83.7 cm³/mol. The van der Waals surface area contributed by atoms with Crippen LogP contribution in [0.25, 0.3) is 0 Å². The van der Waals surface area contributed by atoms with E-state index < -0.39 is 17.5 Å². The minimum atomic E-state index is -0.678. The molecule has 2 atom stereocenters. The number of carbonyl (C=O) groups is 1. The van der Waals surface area contributed by atoms with Gasteiger partial charge in [0.05, 0.1) is 24.8 Å². The van der Waals surface area contributed by atoms with Crippen molar-refractivity contribution in [3.8, 4) is 0 Å². The Kier molecular flexibility index (Phi) is 4.87. The van der Waals surface area contributed by atoms with Gasteiger partial charge in [-0.25, -0.2) is 4.39 Å². The molecule has 1 heterocycles. The summed E-state index contributed by atoms with van der Waals surface area (Å²) in [6.07, 6.45) is 1.68. The van der Waals surface area contributed by atoms with E-state index >= 15 is 0 Å². The molecule has 3 rings (SSSR count). The van der Waals surface area contributed by atoms with E-state index in [1.165, 1.54) is 6.07 Å². The molecule has 0 bridgehead atoms.